The van der Waals surface area contributed by atoms with Gasteiger partial charge in [-0.1, -0.05) is 75.4 Å². The van der Waals surface area contributed by atoms with Crippen LogP contribution in [-0.2, 0) is 23.3 Å². The molecule has 0 saturated carbocycles. The van der Waals surface area contributed by atoms with E-state index in [2.05, 4.69) is 132 Å². The van der Waals surface area contributed by atoms with Crippen molar-refractivity contribution in [1.82, 2.24) is 4.90 Å². The predicted octanol–water partition coefficient (Wildman–Crippen LogP) is 2.55. The van der Waals surface area contributed by atoms with E-state index in [9.17, 15) is 0 Å². The number of fused-ring (bicyclic) bond motifs is 2. The average molecular weight is 628 g/mol. The average Bonchev–Trinajstić information content (AvgIpc) is 3.48. The Morgan fingerprint density at radius 1 is 0.973 bits per heavy atom. The molecule has 0 amide bonds. The molecule has 0 unspecified atom stereocenters. The number of aryl methyl sites for hydroxylation is 2. The molecule has 196 valence electrons. The Morgan fingerprint density at radius 3 is 2.16 bits per heavy atom. The van der Waals surface area contributed by atoms with Crippen molar-refractivity contribution in [2.24, 2.45) is 5.92 Å². The van der Waals surface area contributed by atoms with Crippen molar-refractivity contribution >= 4 is 16.2 Å². The zero-order chi connectivity index (χ0) is 25.7. The van der Waals surface area contributed by atoms with Gasteiger partial charge in [-0.2, -0.15) is 6.07 Å². The first-order valence-corrected chi connectivity index (χ1v) is 18.8. The van der Waals surface area contributed by atoms with Gasteiger partial charge in [0, 0.05) is 6.04 Å². The van der Waals surface area contributed by atoms with Gasteiger partial charge in [0.25, 0.3) is 0 Å². The minimum absolute atomic E-state index is 0. The summed E-state index contributed by atoms with van der Waals surface area (Å²) in [4.78, 5) is 2.43. The van der Waals surface area contributed by atoms with Gasteiger partial charge in [0.15, 0.2) is 0 Å². The summed E-state index contributed by atoms with van der Waals surface area (Å²) in [6.07, 6.45) is 8.05. The number of hydrogen-bond acceptors (Lipinski definition) is 1. The van der Waals surface area contributed by atoms with Crippen LogP contribution in [0, 0.1) is 25.8 Å². The predicted molar refractivity (Wildman–Crippen MR) is 152 cm³/mol. The first-order valence-electron chi connectivity index (χ1n) is 12.6. The van der Waals surface area contributed by atoms with Gasteiger partial charge in [-0.25, -0.2) is 0 Å². The number of rotatable bonds is 3. The summed E-state index contributed by atoms with van der Waals surface area (Å²) < 4.78 is 0. The summed E-state index contributed by atoms with van der Waals surface area (Å²) in [5.41, 5.74) is 9.56. The Bertz CT molecular complexity index is 1280. The fraction of sp³-hybridized carbons (Fsp3) is 0.344. The van der Waals surface area contributed by atoms with Gasteiger partial charge in [0.05, 0.1) is 0 Å². The Balaban J connectivity index is 0.000000313. The van der Waals surface area contributed by atoms with Gasteiger partial charge >= 0.3 is 41.9 Å². The fourth-order valence-corrected chi connectivity index (χ4v) is 4.42. The third-order valence-corrected chi connectivity index (χ3v) is 6.23. The normalized spacial score (nSPS) is 13.4. The smallest absolute Gasteiger partial charge is 0.0279 e. The molecule has 0 aromatic heterocycles. The van der Waals surface area contributed by atoms with Gasteiger partial charge in [-0.05, 0) is 31.9 Å². The van der Waals surface area contributed by atoms with Crippen LogP contribution in [0.1, 0.15) is 38.8 Å². The summed E-state index contributed by atoms with van der Waals surface area (Å²) >= 11 is 1.74. The third-order valence-electron chi connectivity index (χ3n) is 6.23. The molecule has 1 nitrogen and oxygen atoms in total. The Hall–Kier alpha value is -1.25. The number of benzene rings is 2. The second-order valence-corrected chi connectivity index (χ2v) is 19.7. The maximum Gasteiger partial charge on any atom is -0.0279 e. The molecular formula is C32H39Cl2NSiZr-2. The van der Waals surface area contributed by atoms with Crippen molar-refractivity contribution in [1.29, 1.82) is 0 Å². The van der Waals surface area contributed by atoms with E-state index in [1.54, 1.807) is 23.3 Å². The zero-order valence-corrected chi connectivity index (χ0v) is 28.4. The first-order chi connectivity index (χ1) is 16.6. The molecule has 0 radical (unpaired) electrons. The molecule has 5 rings (SSSR count). The van der Waals surface area contributed by atoms with Gasteiger partial charge in [-0.3, -0.25) is 0 Å². The minimum atomic E-state index is 0. The number of halogens is 2. The van der Waals surface area contributed by atoms with Crippen molar-refractivity contribution < 1.29 is 48.1 Å². The molecule has 1 aliphatic heterocycles. The van der Waals surface area contributed by atoms with Crippen LogP contribution in [0.5, 0.6) is 0 Å². The molecule has 37 heavy (non-hydrogen) atoms. The topological polar surface area (TPSA) is 3.24 Å². The molecule has 0 N–H and O–H groups in total. The van der Waals surface area contributed by atoms with E-state index >= 15 is 0 Å². The molecule has 0 atom stereocenters. The SMILES string of the molecule is CC(C)C1=[C-]C2=CCN(C(C)C)C2=C1.C[Si](C)=[Zr+2].Cc1cc2c(-c3ccccc3)ccc(C)c2[cH-]1.[Cl-].[Cl-]. The zero-order valence-electron chi connectivity index (χ0n) is 23.4. The van der Waals surface area contributed by atoms with Crippen LogP contribution in [-0.4, -0.2) is 22.9 Å². The molecule has 2 aliphatic rings. The maximum absolute atomic E-state index is 3.48. The Morgan fingerprint density at radius 2 is 1.59 bits per heavy atom. The molecule has 5 heteroatoms. The van der Waals surface area contributed by atoms with E-state index in [1.165, 1.54) is 49.9 Å². The molecule has 3 aromatic carbocycles. The van der Waals surface area contributed by atoms with Crippen molar-refractivity contribution in [3.63, 3.8) is 0 Å². The molecule has 0 spiro atoms. The second kappa shape index (κ2) is 15.4. The van der Waals surface area contributed by atoms with Gasteiger partial charge < -0.3 is 29.7 Å². The quantitative estimate of drug-likeness (QED) is 0.319. The van der Waals surface area contributed by atoms with Crippen LogP contribution in [0.2, 0.25) is 13.1 Å². The third kappa shape index (κ3) is 8.89. The van der Waals surface area contributed by atoms with E-state index in [0.29, 0.717) is 12.0 Å². The van der Waals surface area contributed by atoms with Crippen molar-refractivity contribution in [3.8, 4) is 11.1 Å². The van der Waals surface area contributed by atoms with Crippen LogP contribution < -0.4 is 24.8 Å². The van der Waals surface area contributed by atoms with E-state index < -0.39 is 0 Å². The van der Waals surface area contributed by atoms with E-state index in [0.717, 1.165) is 6.54 Å². The largest absolute Gasteiger partial charge is 1.00 e. The van der Waals surface area contributed by atoms with Crippen molar-refractivity contribution in [3.05, 3.63) is 101 Å². The Labute approximate surface area is 252 Å². The van der Waals surface area contributed by atoms with Gasteiger partial charge in [-0.15, -0.1) is 63.4 Å². The summed E-state index contributed by atoms with van der Waals surface area (Å²) in [5.74, 6) is 0.586. The first kappa shape index (κ1) is 33.8. The van der Waals surface area contributed by atoms with E-state index in [-0.39, 0.29) is 30.2 Å². The summed E-state index contributed by atoms with van der Waals surface area (Å²) in [5, 5.41) is 2.75. The summed E-state index contributed by atoms with van der Waals surface area (Å²) in [6.45, 7) is 18.9. The standard InChI is InChI=1S/C17H15.C13H18N.C2H6Si.2ClH.Zr/c1-12-10-16-13(2)8-9-15(17(16)11-12)14-6-4-3-5-7-14;1-9(2)12-7-11-5-6-14(10(3)4)13(11)8-12;1-3-2;;;/h3-11H,1-2H3;5,8-10H,6H2,1-4H3;1-2H3;2*1H;/q2*-1;;;;+2/p-2. The van der Waals surface area contributed by atoms with Crippen LogP contribution in [0.4, 0.5) is 0 Å². The summed E-state index contributed by atoms with van der Waals surface area (Å²) in [7, 11) is 0. The van der Waals surface area contributed by atoms with Gasteiger partial charge in [0.2, 0.25) is 0 Å². The molecule has 0 bridgehead atoms. The van der Waals surface area contributed by atoms with E-state index in [4.69, 9.17) is 0 Å². The molecule has 0 saturated heterocycles. The van der Waals surface area contributed by atoms with Crippen LogP contribution >= 0.6 is 0 Å². The molecule has 0 fully saturated rings. The molecule has 1 heterocycles. The van der Waals surface area contributed by atoms with Crippen LogP contribution in [0.25, 0.3) is 21.9 Å². The fourth-order valence-electron chi connectivity index (χ4n) is 4.42. The molecule has 1 aliphatic carbocycles. The van der Waals surface area contributed by atoms with E-state index in [1.807, 2.05) is 0 Å². The van der Waals surface area contributed by atoms with Crippen LogP contribution in [0.15, 0.2) is 83.6 Å². The minimum Gasteiger partial charge on any atom is -1.00 e. The Kier molecular flexibility index (Phi) is 14.0. The second-order valence-electron chi connectivity index (χ2n) is 10.3. The van der Waals surface area contributed by atoms with Crippen molar-refractivity contribution in [2.75, 3.05) is 6.54 Å². The molecular weight excluding hydrogens is 589 g/mol. The van der Waals surface area contributed by atoms with Gasteiger partial charge in [0.1, 0.15) is 0 Å². The number of allylic oxidation sites excluding steroid dienone is 3. The monoisotopic (exact) mass is 625 g/mol. The number of nitrogens with zero attached hydrogens (tertiary/aromatic N) is 1. The van der Waals surface area contributed by atoms with Crippen molar-refractivity contribution in [2.45, 2.75) is 60.7 Å². The number of hydrogen-bond donors (Lipinski definition) is 0. The summed E-state index contributed by atoms with van der Waals surface area (Å²) in [6, 6.07) is 20.2. The maximum atomic E-state index is 3.48. The van der Waals surface area contributed by atoms with Crippen LogP contribution in [0.3, 0.4) is 0 Å². The molecule has 3 aromatic rings.